The second-order valence-corrected chi connectivity index (χ2v) is 6.00. The van der Waals surface area contributed by atoms with Crippen LogP contribution in [-0.2, 0) is 9.05 Å². The van der Waals surface area contributed by atoms with Crippen LogP contribution in [-0.4, -0.2) is 23.3 Å². The second kappa shape index (κ2) is 4.17. The van der Waals surface area contributed by atoms with Crippen molar-refractivity contribution in [2.24, 2.45) is 0 Å². The van der Waals surface area contributed by atoms with Gasteiger partial charge in [0.05, 0.1) is 16.0 Å². The average Bonchev–Trinajstić information content (AvgIpc) is 2.27. The van der Waals surface area contributed by atoms with Gasteiger partial charge in [0.15, 0.2) is 4.90 Å². The van der Waals surface area contributed by atoms with Gasteiger partial charge < -0.3 is 9.97 Å². The van der Waals surface area contributed by atoms with Crippen LogP contribution >= 0.6 is 10.7 Å². The molecule has 19 heavy (non-hydrogen) atoms. The van der Waals surface area contributed by atoms with Crippen molar-refractivity contribution in [2.45, 2.75) is 4.90 Å². The lowest BCUT2D eigenvalue weighted by Gasteiger charge is -2.02. The van der Waals surface area contributed by atoms with Crippen molar-refractivity contribution in [3.8, 4) is 0 Å². The number of nitrogens with one attached hydrogen (secondary N) is 2. The highest BCUT2D eigenvalue weighted by Crippen LogP contribution is 2.29. The molecule has 1 aromatic heterocycles. The summed E-state index contributed by atoms with van der Waals surface area (Å²) in [5.74, 6) is 0. The Hall–Kier alpha value is -2.20. The molecule has 0 aliphatic heterocycles. The lowest BCUT2D eigenvalue weighted by atomic mass is 10.2. The summed E-state index contributed by atoms with van der Waals surface area (Å²) >= 11 is 0. The summed E-state index contributed by atoms with van der Waals surface area (Å²) < 4.78 is 22.5. The predicted octanol–water partition coefficient (Wildman–Crippen LogP) is 0.0521. The Morgan fingerprint density at radius 1 is 1.11 bits per heavy atom. The number of aromatic nitrogens is 2. The number of halogens is 1. The molecule has 2 aromatic rings. The average molecular weight is 306 g/mol. The highest BCUT2D eigenvalue weighted by Gasteiger charge is 2.25. The van der Waals surface area contributed by atoms with Gasteiger partial charge >= 0.3 is 11.1 Å². The van der Waals surface area contributed by atoms with E-state index >= 15 is 0 Å². The van der Waals surface area contributed by atoms with Crippen molar-refractivity contribution in [3.63, 3.8) is 0 Å². The van der Waals surface area contributed by atoms with Crippen molar-refractivity contribution in [3.05, 3.63) is 43.0 Å². The van der Waals surface area contributed by atoms with E-state index in [-0.39, 0.29) is 11.0 Å². The van der Waals surface area contributed by atoms with Gasteiger partial charge in [-0.25, -0.2) is 8.42 Å². The fraction of sp³-hybridized carbons (Fsp3) is 0. The predicted molar refractivity (Wildman–Crippen MR) is 64.9 cm³/mol. The SMILES string of the molecule is O=c1[nH]c2cc([N+](=O)[O-])c(S(=O)(=O)Cl)cc2[nH]c1=O. The molecule has 0 bridgehead atoms. The first-order valence-electron chi connectivity index (χ1n) is 4.59. The van der Waals surface area contributed by atoms with E-state index in [1.807, 2.05) is 0 Å². The van der Waals surface area contributed by atoms with Gasteiger partial charge in [-0.3, -0.25) is 19.7 Å². The van der Waals surface area contributed by atoms with Crippen LogP contribution in [0.15, 0.2) is 26.6 Å². The maximum absolute atomic E-state index is 11.3. The van der Waals surface area contributed by atoms with E-state index in [9.17, 15) is 28.1 Å². The Balaban J connectivity index is 3.01. The van der Waals surface area contributed by atoms with Gasteiger partial charge in [0.1, 0.15) is 0 Å². The molecule has 100 valence electrons. The van der Waals surface area contributed by atoms with E-state index in [1.165, 1.54) is 0 Å². The first-order valence-corrected chi connectivity index (χ1v) is 6.90. The van der Waals surface area contributed by atoms with Crippen molar-refractivity contribution < 1.29 is 13.3 Å². The topological polar surface area (TPSA) is 143 Å². The van der Waals surface area contributed by atoms with Gasteiger partial charge in [-0.1, -0.05) is 0 Å². The fourth-order valence-electron chi connectivity index (χ4n) is 1.47. The number of nitro benzene ring substituents is 1. The summed E-state index contributed by atoms with van der Waals surface area (Å²) in [7, 11) is 0.707. The lowest BCUT2D eigenvalue weighted by molar-refractivity contribution is -0.387. The standard InChI is InChI=1S/C8H4ClN3O6S/c9-19(17,18)6-2-4-3(1-5(6)12(15)16)10-7(13)8(14)11-4/h1-2H,(H,10,13)(H,11,14). The molecule has 2 rings (SSSR count). The smallest absolute Gasteiger partial charge is 0.314 e. The molecule has 0 amide bonds. The number of hydrogen-bond acceptors (Lipinski definition) is 6. The van der Waals surface area contributed by atoms with Crippen LogP contribution in [0.2, 0.25) is 0 Å². The van der Waals surface area contributed by atoms with Gasteiger partial charge in [0.25, 0.3) is 14.7 Å². The van der Waals surface area contributed by atoms with E-state index < -0.39 is 35.7 Å². The molecule has 0 spiro atoms. The lowest BCUT2D eigenvalue weighted by Crippen LogP contribution is -2.29. The molecule has 2 N–H and O–H groups in total. The number of rotatable bonds is 2. The number of fused-ring (bicyclic) bond motifs is 1. The Morgan fingerprint density at radius 3 is 2.00 bits per heavy atom. The normalized spacial score (nSPS) is 11.6. The number of aromatic amines is 2. The largest absolute Gasteiger partial charge is 0.316 e. The molecular weight excluding hydrogens is 302 g/mol. The van der Waals surface area contributed by atoms with Crippen LogP contribution in [0, 0.1) is 10.1 Å². The summed E-state index contributed by atoms with van der Waals surface area (Å²) in [6.07, 6.45) is 0. The highest BCUT2D eigenvalue weighted by molar-refractivity contribution is 8.13. The van der Waals surface area contributed by atoms with Crippen LogP contribution in [0.1, 0.15) is 0 Å². The Kier molecular flexibility index (Phi) is 2.91. The molecule has 0 aliphatic rings. The fourth-order valence-corrected chi connectivity index (χ4v) is 2.48. The van der Waals surface area contributed by atoms with Crippen LogP contribution < -0.4 is 11.1 Å². The molecule has 0 saturated carbocycles. The first-order chi connectivity index (χ1) is 8.70. The molecule has 0 fully saturated rings. The van der Waals surface area contributed by atoms with Crippen molar-refractivity contribution in [1.82, 2.24) is 9.97 Å². The molecule has 0 atom stereocenters. The number of nitrogens with zero attached hydrogens (tertiary/aromatic N) is 1. The molecule has 0 saturated heterocycles. The molecule has 0 aliphatic carbocycles. The molecule has 1 aromatic carbocycles. The molecule has 0 radical (unpaired) electrons. The molecular formula is C8H4ClN3O6S. The van der Waals surface area contributed by atoms with Gasteiger partial charge in [-0.05, 0) is 6.07 Å². The minimum atomic E-state index is -4.38. The number of benzene rings is 1. The van der Waals surface area contributed by atoms with Gasteiger partial charge in [0.2, 0.25) is 0 Å². The van der Waals surface area contributed by atoms with Crippen molar-refractivity contribution >= 4 is 36.5 Å². The van der Waals surface area contributed by atoms with Gasteiger partial charge in [-0.2, -0.15) is 0 Å². The van der Waals surface area contributed by atoms with E-state index in [4.69, 9.17) is 10.7 Å². The Bertz CT molecular complexity index is 912. The van der Waals surface area contributed by atoms with E-state index in [1.54, 1.807) is 0 Å². The van der Waals surface area contributed by atoms with Crippen LogP contribution in [0.25, 0.3) is 11.0 Å². The van der Waals surface area contributed by atoms with Gasteiger partial charge in [-0.15, -0.1) is 0 Å². The van der Waals surface area contributed by atoms with E-state index in [2.05, 4.69) is 9.97 Å². The minimum Gasteiger partial charge on any atom is -0.316 e. The van der Waals surface area contributed by atoms with E-state index in [0.717, 1.165) is 12.1 Å². The third-order valence-electron chi connectivity index (χ3n) is 2.26. The Morgan fingerprint density at radius 2 is 1.58 bits per heavy atom. The number of H-pyrrole nitrogens is 2. The third kappa shape index (κ3) is 2.35. The Labute approximate surface area is 108 Å². The maximum Gasteiger partial charge on any atom is 0.314 e. The van der Waals surface area contributed by atoms with Gasteiger partial charge in [0, 0.05) is 16.7 Å². The van der Waals surface area contributed by atoms with Crippen LogP contribution in [0.3, 0.4) is 0 Å². The summed E-state index contributed by atoms with van der Waals surface area (Å²) in [6.45, 7) is 0. The molecule has 0 unspecified atom stereocenters. The minimum absolute atomic E-state index is 0.0830. The van der Waals surface area contributed by atoms with Crippen molar-refractivity contribution in [2.75, 3.05) is 0 Å². The highest BCUT2D eigenvalue weighted by atomic mass is 35.7. The zero-order chi connectivity index (χ0) is 14.4. The molecule has 11 heteroatoms. The monoisotopic (exact) mass is 305 g/mol. The zero-order valence-corrected chi connectivity index (χ0v) is 10.4. The summed E-state index contributed by atoms with van der Waals surface area (Å²) in [5, 5.41) is 10.8. The number of nitro groups is 1. The van der Waals surface area contributed by atoms with Crippen LogP contribution in [0.5, 0.6) is 0 Å². The number of hydrogen-bond donors (Lipinski definition) is 2. The van der Waals surface area contributed by atoms with Crippen LogP contribution in [0.4, 0.5) is 5.69 Å². The molecule has 9 nitrogen and oxygen atoms in total. The third-order valence-corrected chi connectivity index (χ3v) is 3.61. The summed E-state index contributed by atoms with van der Waals surface area (Å²) in [6, 6.07) is 1.62. The first kappa shape index (κ1) is 13.2. The second-order valence-electron chi connectivity index (χ2n) is 3.47. The maximum atomic E-state index is 11.3. The van der Waals surface area contributed by atoms with E-state index in [0.29, 0.717) is 0 Å². The quantitative estimate of drug-likeness (QED) is 0.347. The van der Waals surface area contributed by atoms with Crippen molar-refractivity contribution in [1.29, 1.82) is 0 Å². The molecule has 1 heterocycles. The zero-order valence-electron chi connectivity index (χ0n) is 8.84. The summed E-state index contributed by atoms with van der Waals surface area (Å²) in [5.41, 5.74) is -3.00. The summed E-state index contributed by atoms with van der Waals surface area (Å²) in [4.78, 5) is 35.4.